The zero-order valence-corrected chi connectivity index (χ0v) is 11.9. The summed E-state index contributed by atoms with van der Waals surface area (Å²) in [6, 6.07) is 0.353. The lowest BCUT2D eigenvalue weighted by Crippen LogP contribution is -2.33. The molecule has 0 aliphatic heterocycles. The predicted molar refractivity (Wildman–Crippen MR) is 68.0 cm³/mol. The average molecular weight is 264 g/mol. The second-order valence-corrected chi connectivity index (χ2v) is 7.21. The number of nitrogens with zero attached hydrogens (tertiary/aromatic N) is 1. The second kappa shape index (κ2) is 8.46. The molecule has 0 unspecified atom stereocenters. The number of nitrogens with one attached hydrogen (secondary N) is 1. The molecular weight excluding hydrogens is 240 g/mol. The van der Waals surface area contributed by atoms with Gasteiger partial charge in [0.15, 0.2) is 0 Å². The number of ether oxygens (including phenoxy) is 1. The molecular formula is C10H24N2O4Si. The van der Waals surface area contributed by atoms with E-state index in [1.165, 1.54) is 6.55 Å². The lowest BCUT2D eigenvalue weighted by Gasteiger charge is -2.14. The highest BCUT2D eigenvalue weighted by molar-refractivity contribution is 6.63. The SMILES string of the molecule is CCN(C)CCOC(=O)NCCC[Si](C)(O)O. The lowest BCUT2D eigenvalue weighted by molar-refractivity contribution is 0.133. The molecule has 1 amide bonds. The molecule has 0 aromatic carbocycles. The molecule has 0 bridgehead atoms. The molecule has 0 aliphatic carbocycles. The maximum Gasteiger partial charge on any atom is 0.407 e. The van der Waals surface area contributed by atoms with E-state index in [2.05, 4.69) is 5.32 Å². The third-order valence-corrected chi connectivity index (χ3v) is 3.64. The Bertz CT molecular complexity index is 221. The molecule has 0 aromatic rings. The summed E-state index contributed by atoms with van der Waals surface area (Å²) < 4.78 is 4.94. The smallest absolute Gasteiger partial charge is 0.407 e. The maximum absolute atomic E-state index is 11.2. The van der Waals surface area contributed by atoms with E-state index in [9.17, 15) is 4.79 Å². The molecule has 0 rings (SSSR count). The number of carbonyl (C=O) groups excluding carboxylic acids is 1. The average Bonchev–Trinajstić information content (AvgIpc) is 2.23. The number of rotatable bonds is 8. The number of amides is 1. The van der Waals surface area contributed by atoms with E-state index in [4.69, 9.17) is 14.3 Å². The summed E-state index contributed by atoms with van der Waals surface area (Å²) in [5, 5.41) is 2.57. The monoisotopic (exact) mass is 264 g/mol. The van der Waals surface area contributed by atoms with Crippen LogP contribution >= 0.6 is 0 Å². The van der Waals surface area contributed by atoms with Crippen LogP contribution in [0.25, 0.3) is 0 Å². The Kier molecular flexibility index (Phi) is 8.14. The Labute approximate surface area is 104 Å². The van der Waals surface area contributed by atoms with Crippen molar-refractivity contribution in [2.45, 2.75) is 25.9 Å². The number of likely N-dealkylation sites (N-methyl/N-ethyl adjacent to an activating group) is 1. The molecule has 0 fully saturated rings. The van der Waals surface area contributed by atoms with Crippen LogP contribution in [0.5, 0.6) is 0 Å². The molecule has 17 heavy (non-hydrogen) atoms. The maximum atomic E-state index is 11.2. The van der Waals surface area contributed by atoms with Gasteiger partial charge in [-0.3, -0.25) is 0 Å². The first kappa shape index (κ1) is 16.4. The van der Waals surface area contributed by atoms with Crippen molar-refractivity contribution >= 4 is 14.7 Å². The van der Waals surface area contributed by atoms with Gasteiger partial charge in [-0.15, -0.1) is 0 Å². The van der Waals surface area contributed by atoms with Gasteiger partial charge in [0.25, 0.3) is 0 Å². The summed E-state index contributed by atoms with van der Waals surface area (Å²) in [6.07, 6.45) is 0.105. The Morgan fingerprint density at radius 2 is 2.12 bits per heavy atom. The lowest BCUT2D eigenvalue weighted by atomic mass is 10.5. The molecule has 102 valence electrons. The van der Waals surface area contributed by atoms with E-state index >= 15 is 0 Å². The normalized spacial score (nSPS) is 11.6. The summed E-state index contributed by atoms with van der Waals surface area (Å²) >= 11 is 0. The Hall–Kier alpha value is -0.633. The van der Waals surface area contributed by atoms with E-state index in [0.717, 1.165) is 6.54 Å². The number of alkyl carbamates (subject to hydrolysis) is 1. The molecule has 0 aliphatic rings. The van der Waals surface area contributed by atoms with Crippen molar-refractivity contribution in [1.82, 2.24) is 10.2 Å². The van der Waals surface area contributed by atoms with Crippen LogP contribution in [0.3, 0.4) is 0 Å². The Morgan fingerprint density at radius 1 is 1.47 bits per heavy atom. The zero-order chi connectivity index (χ0) is 13.3. The fourth-order valence-corrected chi connectivity index (χ4v) is 1.96. The van der Waals surface area contributed by atoms with E-state index < -0.39 is 14.7 Å². The quantitative estimate of drug-likeness (QED) is 0.428. The van der Waals surface area contributed by atoms with Gasteiger partial charge < -0.3 is 24.5 Å². The first-order valence-electron chi connectivity index (χ1n) is 5.89. The van der Waals surface area contributed by atoms with Crippen LogP contribution < -0.4 is 5.32 Å². The number of hydrogen-bond donors (Lipinski definition) is 3. The standard InChI is InChI=1S/C10H24N2O4Si/c1-4-12(2)7-8-16-10(13)11-6-5-9-17(3,14)15/h14-15H,4-9H2,1-3H3,(H,11,13). The zero-order valence-electron chi connectivity index (χ0n) is 10.9. The molecule has 0 radical (unpaired) electrons. The van der Waals surface area contributed by atoms with Crippen LogP contribution in [-0.2, 0) is 4.74 Å². The van der Waals surface area contributed by atoms with Crippen LogP contribution in [-0.4, -0.2) is 62.4 Å². The third kappa shape index (κ3) is 11.6. The van der Waals surface area contributed by atoms with Crippen molar-refractivity contribution in [3.05, 3.63) is 0 Å². The second-order valence-electron chi connectivity index (χ2n) is 4.28. The minimum absolute atomic E-state index is 0.353. The fourth-order valence-electron chi connectivity index (χ4n) is 1.12. The van der Waals surface area contributed by atoms with Crippen molar-refractivity contribution < 1.29 is 19.1 Å². The topological polar surface area (TPSA) is 82.0 Å². The predicted octanol–water partition coefficient (Wildman–Crippen LogP) is 0.111. The van der Waals surface area contributed by atoms with Crippen LogP contribution in [0, 0.1) is 0 Å². The summed E-state index contributed by atoms with van der Waals surface area (Å²) in [4.78, 5) is 31.5. The summed E-state index contributed by atoms with van der Waals surface area (Å²) in [5.41, 5.74) is 0. The highest BCUT2D eigenvalue weighted by atomic mass is 28.4. The molecule has 0 saturated carbocycles. The van der Waals surface area contributed by atoms with Crippen LogP contribution in [0.2, 0.25) is 12.6 Å². The Balaban J connectivity index is 3.41. The van der Waals surface area contributed by atoms with Gasteiger partial charge in [-0.25, -0.2) is 4.79 Å². The van der Waals surface area contributed by atoms with Crippen molar-refractivity contribution in [2.24, 2.45) is 0 Å². The number of carbonyl (C=O) groups is 1. The van der Waals surface area contributed by atoms with Crippen molar-refractivity contribution in [1.29, 1.82) is 0 Å². The molecule has 7 heteroatoms. The van der Waals surface area contributed by atoms with Gasteiger partial charge in [-0.1, -0.05) is 6.92 Å². The van der Waals surface area contributed by atoms with Gasteiger partial charge in [0.2, 0.25) is 0 Å². The molecule has 0 spiro atoms. The van der Waals surface area contributed by atoms with Gasteiger partial charge in [-0.2, -0.15) is 0 Å². The Morgan fingerprint density at radius 3 is 2.65 bits per heavy atom. The van der Waals surface area contributed by atoms with Crippen molar-refractivity contribution in [3.63, 3.8) is 0 Å². The first-order valence-corrected chi connectivity index (χ1v) is 8.49. The fraction of sp³-hybridized carbons (Fsp3) is 0.900. The van der Waals surface area contributed by atoms with Gasteiger partial charge >= 0.3 is 14.7 Å². The largest absolute Gasteiger partial charge is 0.448 e. The molecule has 6 nitrogen and oxygen atoms in total. The van der Waals surface area contributed by atoms with E-state index in [1.54, 1.807) is 0 Å². The van der Waals surface area contributed by atoms with Gasteiger partial charge in [0, 0.05) is 13.1 Å². The first-order chi connectivity index (χ1) is 7.85. The van der Waals surface area contributed by atoms with Crippen molar-refractivity contribution in [2.75, 3.05) is 33.3 Å². The van der Waals surface area contributed by atoms with E-state index in [-0.39, 0.29) is 0 Å². The molecule has 0 heterocycles. The van der Waals surface area contributed by atoms with Gasteiger partial charge in [0.1, 0.15) is 6.61 Å². The highest BCUT2D eigenvalue weighted by Gasteiger charge is 2.20. The molecule has 0 atom stereocenters. The van der Waals surface area contributed by atoms with E-state index in [0.29, 0.717) is 32.2 Å². The molecule has 3 N–H and O–H groups in total. The minimum Gasteiger partial charge on any atom is -0.448 e. The van der Waals surface area contributed by atoms with Crippen LogP contribution in [0.1, 0.15) is 13.3 Å². The third-order valence-electron chi connectivity index (χ3n) is 2.34. The van der Waals surface area contributed by atoms with Crippen molar-refractivity contribution in [3.8, 4) is 0 Å². The number of hydrogen-bond acceptors (Lipinski definition) is 5. The van der Waals surface area contributed by atoms with E-state index in [1.807, 2.05) is 18.9 Å². The summed E-state index contributed by atoms with van der Waals surface area (Å²) in [5.74, 6) is 0. The van der Waals surface area contributed by atoms with Crippen LogP contribution in [0.15, 0.2) is 0 Å². The molecule has 0 aromatic heterocycles. The van der Waals surface area contributed by atoms with Crippen LogP contribution in [0.4, 0.5) is 4.79 Å². The highest BCUT2D eigenvalue weighted by Crippen LogP contribution is 2.02. The van der Waals surface area contributed by atoms with Gasteiger partial charge in [-0.05, 0) is 32.6 Å². The summed E-state index contributed by atoms with van der Waals surface area (Å²) in [6.45, 7) is 5.88. The minimum atomic E-state index is -2.97. The molecule has 0 saturated heterocycles. The summed E-state index contributed by atoms with van der Waals surface area (Å²) in [7, 11) is -1.02. The van der Waals surface area contributed by atoms with Gasteiger partial charge in [0.05, 0.1) is 0 Å².